The Morgan fingerprint density at radius 2 is 2.28 bits per heavy atom. The second-order valence-corrected chi connectivity index (χ2v) is 4.62. The number of carbonyl (C=O) groups is 1. The van der Waals surface area contributed by atoms with Gasteiger partial charge in [-0.05, 0) is 6.42 Å². The van der Waals surface area contributed by atoms with Gasteiger partial charge in [-0.1, -0.05) is 6.92 Å². The second-order valence-electron chi connectivity index (χ2n) is 4.62. The van der Waals surface area contributed by atoms with Gasteiger partial charge in [-0.25, -0.2) is 4.98 Å². The van der Waals surface area contributed by atoms with Gasteiger partial charge in [-0.2, -0.15) is 0 Å². The Kier molecular flexibility index (Phi) is 3.64. The molecule has 1 N–H and O–H groups in total. The molecule has 0 bridgehead atoms. The summed E-state index contributed by atoms with van der Waals surface area (Å²) >= 11 is 0. The number of aliphatic carboxylic acids is 1. The molecule has 1 aliphatic heterocycles. The van der Waals surface area contributed by atoms with Gasteiger partial charge in [0.05, 0.1) is 6.42 Å². The van der Waals surface area contributed by atoms with Crippen LogP contribution in [0.5, 0.6) is 0 Å². The van der Waals surface area contributed by atoms with Crippen LogP contribution < -0.4 is 10.5 Å². The number of aromatic nitrogens is 2. The number of nitrogens with zero attached hydrogens (tertiary/aromatic N) is 3. The summed E-state index contributed by atoms with van der Waals surface area (Å²) < 4.78 is 1.65. The fraction of sp³-hybridized carbons (Fsp3) is 0.583. The molecular formula is C12H17N3O3. The molecule has 98 valence electrons. The van der Waals surface area contributed by atoms with Crippen molar-refractivity contribution in [3.63, 3.8) is 0 Å². The Morgan fingerprint density at radius 1 is 1.56 bits per heavy atom. The van der Waals surface area contributed by atoms with Crippen LogP contribution in [0.4, 0.5) is 5.82 Å². The van der Waals surface area contributed by atoms with Crippen molar-refractivity contribution in [2.45, 2.75) is 26.3 Å². The second kappa shape index (κ2) is 5.20. The lowest BCUT2D eigenvalue weighted by Gasteiger charge is -2.38. The van der Waals surface area contributed by atoms with E-state index in [1.807, 2.05) is 11.8 Å². The molecular weight excluding hydrogens is 234 g/mol. The molecule has 1 fully saturated rings. The van der Waals surface area contributed by atoms with Crippen LogP contribution in [-0.4, -0.2) is 33.7 Å². The van der Waals surface area contributed by atoms with Crippen molar-refractivity contribution >= 4 is 11.8 Å². The molecule has 2 heterocycles. The molecule has 0 atom stereocenters. The standard InChI is InChI=1S/C12H17N3O3/c1-2-4-14-5-3-13-11(12(14)18)15-7-9(8-15)6-10(16)17/h3,5,9H,2,4,6-8H2,1H3,(H,16,17). The van der Waals surface area contributed by atoms with Gasteiger partial charge in [-0.15, -0.1) is 0 Å². The van der Waals surface area contributed by atoms with Crippen LogP contribution >= 0.6 is 0 Å². The fourth-order valence-corrected chi connectivity index (χ4v) is 2.19. The van der Waals surface area contributed by atoms with Gasteiger partial charge >= 0.3 is 5.97 Å². The lowest BCUT2D eigenvalue weighted by atomic mass is 9.97. The first-order chi connectivity index (χ1) is 8.61. The van der Waals surface area contributed by atoms with Crippen LogP contribution in [-0.2, 0) is 11.3 Å². The molecule has 0 unspecified atom stereocenters. The molecule has 18 heavy (non-hydrogen) atoms. The van der Waals surface area contributed by atoms with Crippen molar-refractivity contribution < 1.29 is 9.90 Å². The Bertz CT molecular complexity index is 492. The highest BCUT2D eigenvalue weighted by molar-refractivity contribution is 5.67. The number of hydrogen-bond acceptors (Lipinski definition) is 4. The number of rotatable bonds is 5. The Morgan fingerprint density at radius 3 is 2.89 bits per heavy atom. The van der Waals surface area contributed by atoms with E-state index in [4.69, 9.17) is 5.11 Å². The zero-order valence-electron chi connectivity index (χ0n) is 10.4. The fourth-order valence-electron chi connectivity index (χ4n) is 2.19. The topological polar surface area (TPSA) is 75.4 Å². The van der Waals surface area contributed by atoms with E-state index in [-0.39, 0.29) is 17.9 Å². The van der Waals surface area contributed by atoms with E-state index in [1.165, 1.54) is 0 Å². The summed E-state index contributed by atoms with van der Waals surface area (Å²) in [6.45, 7) is 3.90. The molecule has 2 rings (SSSR count). The normalized spacial score (nSPS) is 15.5. The van der Waals surface area contributed by atoms with Crippen molar-refractivity contribution in [3.8, 4) is 0 Å². The third-order valence-electron chi connectivity index (χ3n) is 3.08. The van der Waals surface area contributed by atoms with Gasteiger partial charge in [0.1, 0.15) is 0 Å². The number of anilines is 1. The Labute approximate surface area is 105 Å². The van der Waals surface area contributed by atoms with E-state index < -0.39 is 5.97 Å². The van der Waals surface area contributed by atoms with Crippen LogP contribution in [0.2, 0.25) is 0 Å². The largest absolute Gasteiger partial charge is 0.481 e. The average Bonchev–Trinajstić information content (AvgIpc) is 2.27. The predicted molar refractivity (Wildman–Crippen MR) is 66.7 cm³/mol. The van der Waals surface area contributed by atoms with Crippen molar-refractivity contribution in [2.24, 2.45) is 5.92 Å². The maximum absolute atomic E-state index is 12.1. The highest BCUT2D eigenvalue weighted by Gasteiger charge is 2.31. The van der Waals surface area contributed by atoms with E-state index in [9.17, 15) is 9.59 Å². The predicted octanol–water partition coefficient (Wildman–Crippen LogP) is 0.564. The summed E-state index contributed by atoms with van der Waals surface area (Å²) in [5, 5.41) is 8.67. The minimum atomic E-state index is -0.788. The summed E-state index contributed by atoms with van der Waals surface area (Å²) in [6.07, 6.45) is 4.36. The first-order valence-electron chi connectivity index (χ1n) is 6.14. The molecule has 1 aromatic heterocycles. The summed E-state index contributed by atoms with van der Waals surface area (Å²) in [7, 11) is 0. The monoisotopic (exact) mass is 251 g/mol. The van der Waals surface area contributed by atoms with Crippen molar-refractivity contribution in [3.05, 3.63) is 22.7 Å². The smallest absolute Gasteiger partial charge is 0.303 e. The third kappa shape index (κ3) is 2.52. The van der Waals surface area contributed by atoms with Gasteiger partial charge in [0.25, 0.3) is 5.56 Å². The summed E-state index contributed by atoms with van der Waals surface area (Å²) in [5.74, 6) is -0.222. The van der Waals surface area contributed by atoms with E-state index in [0.717, 1.165) is 6.42 Å². The Hall–Kier alpha value is -1.85. The van der Waals surface area contributed by atoms with E-state index in [2.05, 4.69) is 4.98 Å². The van der Waals surface area contributed by atoms with Crippen molar-refractivity contribution in [1.82, 2.24) is 9.55 Å². The molecule has 0 saturated carbocycles. The van der Waals surface area contributed by atoms with Crippen LogP contribution in [0.3, 0.4) is 0 Å². The average molecular weight is 251 g/mol. The summed E-state index contributed by atoms with van der Waals surface area (Å²) in [6, 6.07) is 0. The van der Waals surface area contributed by atoms with Gasteiger partial charge in [0, 0.05) is 37.9 Å². The molecule has 6 nitrogen and oxygen atoms in total. The third-order valence-corrected chi connectivity index (χ3v) is 3.08. The van der Waals surface area contributed by atoms with Gasteiger partial charge in [0.2, 0.25) is 0 Å². The molecule has 1 aliphatic rings. The first kappa shape index (κ1) is 12.6. The van der Waals surface area contributed by atoms with Crippen LogP contribution in [0.15, 0.2) is 17.2 Å². The van der Waals surface area contributed by atoms with Gasteiger partial charge < -0.3 is 14.6 Å². The minimum absolute atomic E-state index is 0.0897. The Balaban J connectivity index is 2.05. The van der Waals surface area contributed by atoms with Crippen LogP contribution in [0.25, 0.3) is 0 Å². The molecule has 0 radical (unpaired) electrons. The van der Waals surface area contributed by atoms with E-state index in [1.54, 1.807) is 17.0 Å². The highest BCUT2D eigenvalue weighted by atomic mass is 16.4. The van der Waals surface area contributed by atoms with Crippen molar-refractivity contribution in [2.75, 3.05) is 18.0 Å². The SMILES string of the molecule is CCCn1ccnc(N2CC(CC(=O)O)C2)c1=O. The lowest BCUT2D eigenvalue weighted by Crippen LogP contribution is -2.50. The summed E-state index contributed by atoms with van der Waals surface area (Å²) in [5.41, 5.74) is -0.0897. The zero-order chi connectivity index (χ0) is 13.1. The maximum Gasteiger partial charge on any atom is 0.303 e. The maximum atomic E-state index is 12.1. The lowest BCUT2D eigenvalue weighted by molar-refractivity contribution is -0.138. The zero-order valence-corrected chi connectivity index (χ0v) is 10.4. The highest BCUT2D eigenvalue weighted by Crippen LogP contribution is 2.22. The number of aryl methyl sites for hydroxylation is 1. The molecule has 0 amide bonds. The molecule has 0 spiro atoms. The molecule has 6 heteroatoms. The number of hydrogen-bond donors (Lipinski definition) is 1. The quantitative estimate of drug-likeness (QED) is 0.827. The molecule has 0 aliphatic carbocycles. The number of carboxylic acids is 1. The van der Waals surface area contributed by atoms with Gasteiger partial charge in [-0.3, -0.25) is 9.59 Å². The minimum Gasteiger partial charge on any atom is -0.481 e. The van der Waals surface area contributed by atoms with E-state index >= 15 is 0 Å². The molecule has 0 aromatic carbocycles. The van der Waals surface area contributed by atoms with Crippen LogP contribution in [0.1, 0.15) is 19.8 Å². The molecule has 1 saturated heterocycles. The first-order valence-corrected chi connectivity index (χ1v) is 6.14. The van der Waals surface area contributed by atoms with Crippen molar-refractivity contribution in [1.29, 1.82) is 0 Å². The summed E-state index contributed by atoms with van der Waals surface area (Å²) in [4.78, 5) is 28.6. The van der Waals surface area contributed by atoms with Crippen LogP contribution in [0, 0.1) is 5.92 Å². The van der Waals surface area contributed by atoms with E-state index in [0.29, 0.717) is 25.5 Å². The number of carboxylic acid groups (broad SMARTS) is 1. The van der Waals surface area contributed by atoms with Gasteiger partial charge in [0.15, 0.2) is 5.82 Å². The molecule has 1 aromatic rings.